The van der Waals surface area contributed by atoms with Gasteiger partial charge in [-0.25, -0.2) is 8.42 Å². The maximum absolute atomic E-state index is 12.6. The molecule has 1 N–H and O–H groups in total. The van der Waals surface area contributed by atoms with Crippen molar-refractivity contribution in [3.05, 3.63) is 33.9 Å². The number of nitrogens with one attached hydrogen (secondary N) is 1. The molecule has 0 unspecified atom stereocenters. The van der Waals surface area contributed by atoms with Crippen molar-refractivity contribution in [1.82, 2.24) is 9.62 Å². The number of sulfonamides is 1. The number of rotatable bonds is 3. The molecule has 0 aromatic heterocycles. The van der Waals surface area contributed by atoms with E-state index in [0.717, 1.165) is 0 Å². The summed E-state index contributed by atoms with van der Waals surface area (Å²) in [5.74, 6) is -0.602. The van der Waals surface area contributed by atoms with Gasteiger partial charge >= 0.3 is 6.18 Å². The van der Waals surface area contributed by atoms with Gasteiger partial charge in [-0.05, 0) is 12.1 Å². The number of alkyl halides is 3. The van der Waals surface area contributed by atoms with Crippen molar-refractivity contribution in [1.29, 1.82) is 0 Å². The molecule has 1 aromatic carbocycles. The molecule has 1 fully saturated rings. The van der Waals surface area contributed by atoms with Crippen LogP contribution in [0.5, 0.6) is 0 Å². The summed E-state index contributed by atoms with van der Waals surface area (Å²) in [5.41, 5.74) is -2.52. The fourth-order valence-electron chi connectivity index (χ4n) is 2.01. The van der Waals surface area contributed by atoms with E-state index in [1.165, 1.54) is 0 Å². The average Bonchev–Trinajstić information content (AvgIpc) is 2.45. The van der Waals surface area contributed by atoms with E-state index in [-0.39, 0.29) is 19.2 Å². The molecular formula is C11H10F3N3O5S. The van der Waals surface area contributed by atoms with Gasteiger partial charge < -0.3 is 5.32 Å². The molecule has 12 heteroatoms. The molecule has 2 rings (SSSR count). The van der Waals surface area contributed by atoms with Crippen LogP contribution in [0, 0.1) is 10.1 Å². The maximum Gasteiger partial charge on any atom is 0.416 e. The zero-order valence-electron chi connectivity index (χ0n) is 11.3. The number of piperazine rings is 1. The van der Waals surface area contributed by atoms with Gasteiger partial charge in [0.05, 0.1) is 17.0 Å². The standard InChI is InChI=1S/C11H10F3N3O5S/c12-11(13,14)7-1-2-9(8(5-7)17(19)20)23(21,22)16-4-3-15-10(18)6-16/h1-2,5H,3-4,6H2,(H,15,18). The van der Waals surface area contributed by atoms with Crippen LogP contribution < -0.4 is 5.32 Å². The maximum atomic E-state index is 12.6. The quantitative estimate of drug-likeness (QED) is 0.636. The zero-order valence-corrected chi connectivity index (χ0v) is 12.1. The monoisotopic (exact) mass is 353 g/mol. The van der Waals surface area contributed by atoms with Crippen LogP contribution in [0.25, 0.3) is 0 Å². The third kappa shape index (κ3) is 3.42. The fraction of sp³-hybridized carbons (Fsp3) is 0.364. The third-order valence-corrected chi connectivity index (χ3v) is 5.00. The first-order chi connectivity index (χ1) is 10.5. The number of carbonyl (C=O) groups excluding carboxylic acids is 1. The second-order valence-electron chi connectivity index (χ2n) is 4.63. The lowest BCUT2D eigenvalue weighted by Gasteiger charge is -2.25. The van der Waals surface area contributed by atoms with Gasteiger partial charge in [0.1, 0.15) is 0 Å². The van der Waals surface area contributed by atoms with Gasteiger partial charge in [0.25, 0.3) is 5.69 Å². The highest BCUT2D eigenvalue weighted by Crippen LogP contribution is 2.35. The molecule has 0 radical (unpaired) electrons. The van der Waals surface area contributed by atoms with Crippen LogP contribution in [0.4, 0.5) is 18.9 Å². The van der Waals surface area contributed by atoms with E-state index in [1.54, 1.807) is 0 Å². The second kappa shape index (κ2) is 5.77. The Labute approximate surface area is 128 Å². The van der Waals surface area contributed by atoms with Crippen LogP contribution in [0.2, 0.25) is 0 Å². The Morgan fingerprint density at radius 1 is 1.30 bits per heavy atom. The van der Waals surface area contributed by atoms with E-state index in [9.17, 15) is 36.5 Å². The van der Waals surface area contributed by atoms with E-state index in [4.69, 9.17) is 0 Å². The summed E-state index contributed by atoms with van der Waals surface area (Å²) in [6.07, 6.45) is -4.85. The minimum atomic E-state index is -4.85. The van der Waals surface area contributed by atoms with Gasteiger partial charge in [-0.15, -0.1) is 0 Å². The van der Waals surface area contributed by atoms with Crippen molar-refractivity contribution < 1.29 is 31.3 Å². The number of nitro benzene ring substituents is 1. The molecule has 23 heavy (non-hydrogen) atoms. The van der Waals surface area contributed by atoms with E-state index in [2.05, 4.69) is 5.32 Å². The molecule has 1 amide bonds. The van der Waals surface area contributed by atoms with Crippen molar-refractivity contribution in [2.75, 3.05) is 19.6 Å². The van der Waals surface area contributed by atoms with E-state index < -0.39 is 49.7 Å². The Hall–Kier alpha value is -2.21. The van der Waals surface area contributed by atoms with Crippen LogP contribution in [-0.4, -0.2) is 43.2 Å². The Kier molecular flexibility index (Phi) is 4.30. The highest BCUT2D eigenvalue weighted by atomic mass is 32.2. The van der Waals surface area contributed by atoms with Crippen LogP contribution in [-0.2, 0) is 21.0 Å². The lowest BCUT2D eigenvalue weighted by molar-refractivity contribution is -0.388. The third-order valence-electron chi connectivity index (χ3n) is 3.10. The molecule has 1 heterocycles. The van der Waals surface area contributed by atoms with Crippen LogP contribution in [0.15, 0.2) is 23.1 Å². The number of nitrogens with zero attached hydrogens (tertiary/aromatic N) is 2. The molecule has 0 saturated carbocycles. The predicted molar refractivity (Wildman–Crippen MR) is 69.9 cm³/mol. The Balaban J connectivity index is 2.53. The van der Waals surface area contributed by atoms with E-state index >= 15 is 0 Å². The van der Waals surface area contributed by atoms with Crippen molar-refractivity contribution in [3.8, 4) is 0 Å². The smallest absolute Gasteiger partial charge is 0.354 e. The summed E-state index contributed by atoms with van der Waals surface area (Å²) < 4.78 is 63.3. The number of hydrogen-bond acceptors (Lipinski definition) is 5. The lowest BCUT2D eigenvalue weighted by Crippen LogP contribution is -2.49. The number of hydrogen-bond donors (Lipinski definition) is 1. The van der Waals surface area contributed by atoms with Gasteiger partial charge in [-0.3, -0.25) is 14.9 Å². The van der Waals surface area contributed by atoms with Crippen LogP contribution >= 0.6 is 0 Å². The zero-order chi connectivity index (χ0) is 17.4. The summed E-state index contributed by atoms with van der Waals surface area (Å²) in [6, 6.07) is 1.14. The molecule has 0 atom stereocenters. The number of amides is 1. The molecule has 1 aromatic rings. The Morgan fingerprint density at radius 3 is 2.48 bits per heavy atom. The van der Waals surface area contributed by atoms with Crippen molar-refractivity contribution in [2.45, 2.75) is 11.1 Å². The largest absolute Gasteiger partial charge is 0.416 e. The number of carbonyl (C=O) groups is 1. The second-order valence-corrected chi connectivity index (χ2v) is 6.53. The van der Waals surface area contributed by atoms with Gasteiger partial charge in [-0.2, -0.15) is 17.5 Å². The first-order valence-corrected chi connectivity index (χ1v) is 7.60. The molecule has 1 aliphatic heterocycles. The molecule has 0 bridgehead atoms. The van der Waals surface area contributed by atoms with Gasteiger partial charge in [0.2, 0.25) is 15.9 Å². The topological polar surface area (TPSA) is 110 Å². The molecular weight excluding hydrogens is 343 g/mol. The van der Waals surface area contributed by atoms with Crippen molar-refractivity contribution >= 4 is 21.6 Å². The van der Waals surface area contributed by atoms with Gasteiger partial charge in [0, 0.05) is 19.2 Å². The van der Waals surface area contributed by atoms with Gasteiger partial charge in [0.15, 0.2) is 4.90 Å². The summed E-state index contributed by atoms with van der Waals surface area (Å²) in [4.78, 5) is 20.1. The molecule has 8 nitrogen and oxygen atoms in total. The molecule has 0 spiro atoms. The molecule has 0 aliphatic carbocycles. The SMILES string of the molecule is O=C1CN(S(=O)(=O)c2ccc(C(F)(F)F)cc2[N+](=O)[O-])CCN1. The summed E-state index contributed by atoms with van der Waals surface area (Å²) in [5, 5.41) is 13.3. The first kappa shape index (κ1) is 17.1. The average molecular weight is 353 g/mol. The molecule has 126 valence electrons. The molecule has 1 saturated heterocycles. The fourth-order valence-corrected chi connectivity index (χ4v) is 3.55. The van der Waals surface area contributed by atoms with Gasteiger partial charge in [-0.1, -0.05) is 0 Å². The van der Waals surface area contributed by atoms with Crippen molar-refractivity contribution in [3.63, 3.8) is 0 Å². The van der Waals surface area contributed by atoms with E-state index in [1.807, 2.05) is 0 Å². The highest BCUT2D eigenvalue weighted by molar-refractivity contribution is 7.89. The minimum Gasteiger partial charge on any atom is -0.354 e. The first-order valence-electron chi connectivity index (χ1n) is 6.16. The summed E-state index contributed by atoms with van der Waals surface area (Å²) in [7, 11) is -4.47. The lowest BCUT2D eigenvalue weighted by atomic mass is 10.2. The number of nitro groups is 1. The predicted octanol–water partition coefficient (Wildman–Crippen LogP) is 0.734. The highest BCUT2D eigenvalue weighted by Gasteiger charge is 2.38. The molecule has 1 aliphatic rings. The van der Waals surface area contributed by atoms with E-state index in [0.29, 0.717) is 16.4 Å². The number of benzene rings is 1. The Bertz CT molecular complexity index is 763. The van der Waals surface area contributed by atoms with Crippen molar-refractivity contribution in [2.24, 2.45) is 0 Å². The van der Waals surface area contributed by atoms with Crippen LogP contribution in [0.1, 0.15) is 5.56 Å². The Morgan fingerprint density at radius 2 is 1.96 bits per heavy atom. The number of halogens is 3. The summed E-state index contributed by atoms with van der Waals surface area (Å²) >= 11 is 0. The summed E-state index contributed by atoms with van der Waals surface area (Å²) in [6.45, 7) is -0.681. The normalized spacial score (nSPS) is 16.9. The van der Waals surface area contributed by atoms with Crippen LogP contribution in [0.3, 0.4) is 0 Å². The minimum absolute atomic E-state index is 0.00644.